The molecule has 1 aromatic carbocycles. The van der Waals surface area contributed by atoms with Crippen LogP contribution < -0.4 is 0 Å². The number of nitrogens with zero attached hydrogens (tertiary/aromatic N) is 2. The highest BCUT2D eigenvalue weighted by Crippen LogP contribution is 2.21. The second kappa shape index (κ2) is 7.61. The summed E-state index contributed by atoms with van der Waals surface area (Å²) in [6.07, 6.45) is 0.160. The molecule has 1 heterocycles. The molecule has 0 aliphatic carbocycles. The van der Waals surface area contributed by atoms with E-state index in [9.17, 15) is 13.2 Å². The summed E-state index contributed by atoms with van der Waals surface area (Å²) in [5.41, 5.74) is 0. The van der Waals surface area contributed by atoms with Crippen molar-refractivity contribution in [2.24, 2.45) is 0 Å². The Morgan fingerprint density at radius 3 is 2.52 bits per heavy atom. The first-order valence-electron chi connectivity index (χ1n) is 7.41. The molecule has 0 saturated carbocycles. The van der Waals surface area contributed by atoms with E-state index in [0.29, 0.717) is 24.5 Å². The van der Waals surface area contributed by atoms with Crippen LogP contribution in [0.1, 0.15) is 13.3 Å². The Bertz CT molecular complexity index is 657. The van der Waals surface area contributed by atoms with E-state index in [2.05, 4.69) is 0 Å². The molecule has 2 rings (SSSR count). The first-order valence-corrected chi connectivity index (χ1v) is 9.22. The van der Waals surface area contributed by atoms with Crippen LogP contribution in [0, 0.1) is 0 Å². The second-order valence-corrected chi connectivity index (χ2v) is 7.87. The van der Waals surface area contributed by atoms with Crippen LogP contribution in [-0.2, 0) is 19.6 Å². The normalized spacial score (nSPS) is 18.0. The van der Waals surface area contributed by atoms with Crippen LogP contribution in [0.5, 0.6) is 0 Å². The highest BCUT2D eigenvalue weighted by molar-refractivity contribution is 7.89. The molecule has 6 nitrogen and oxygen atoms in total. The van der Waals surface area contributed by atoms with Gasteiger partial charge in [-0.25, -0.2) is 8.42 Å². The van der Waals surface area contributed by atoms with Crippen molar-refractivity contribution in [3.8, 4) is 0 Å². The predicted octanol–water partition coefficient (Wildman–Crippen LogP) is 1.60. The Labute approximate surface area is 142 Å². The zero-order valence-corrected chi connectivity index (χ0v) is 14.8. The van der Waals surface area contributed by atoms with Crippen molar-refractivity contribution < 1.29 is 17.9 Å². The number of carbonyl (C=O) groups excluding carboxylic acids is 1. The van der Waals surface area contributed by atoms with Gasteiger partial charge in [0.05, 0.1) is 17.4 Å². The molecule has 0 radical (unpaired) electrons. The number of benzene rings is 1. The first kappa shape index (κ1) is 18.2. The van der Waals surface area contributed by atoms with Crippen LogP contribution in [-0.4, -0.2) is 62.9 Å². The Morgan fingerprint density at radius 1 is 1.30 bits per heavy atom. The fourth-order valence-corrected chi connectivity index (χ4v) is 4.14. The molecule has 1 aliphatic heterocycles. The van der Waals surface area contributed by atoms with Gasteiger partial charge in [-0.2, -0.15) is 4.31 Å². The van der Waals surface area contributed by atoms with E-state index in [1.165, 1.54) is 16.4 Å². The van der Waals surface area contributed by atoms with E-state index in [0.717, 1.165) is 0 Å². The van der Waals surface area contributed by atoms with Crippen molar-refractivity contribution >= 4 is 27.5 Å². The van der Waals surface area contributed by atoms with E-state index in [-0.39, 0.29) is 30.0 Å². The summed E-state index contributed by atoms with van der Waals surface area (Å²) in [6.45, 7) is 3.16. The van der Waals surface area contributed by atoms with Crippen LogP contribution in [0.25, 0.3) is 0 Å². The Morgan fingerprint density at radius 2 is 1.96 bits per heavy atom. The minimum Gasteiger partial charge on any atom is -0.381 e. The third kappa shape index (κ3) is 4.44. The zero-order chi connectivity index (χ0) is 17.0. The molecule has 1 saturated heterocycles. The van der Waals surface area contributed by atoms with E-state index in [1.54, 1.807) is 24.1 Å². The smallest absolute Gasteiger partial charge is 0.243 e. The van der Waals surface area contributed by atoms with Crippen molar-refractivity contribution in [3.63, 3.8) is 0 Å². The molecule has 1 atom stereocenters. The van der Waals surface area contributed by atoms with Crippen molar-refractivity contribution in [1.29, 1.82) is 0 Å². The molecule has 1 aliphatic rings. The third-order valence-electron chi connectivity index (χ3n) is 3.89. The molecular formula is C15H21ClN2O4S. The molecule has 0 N–H and O–H groups in total. The van der Waals surface area contributed by atoms with E-state index in [1.807, 2.05) is 6.92 Å². The summed E-state index contributed by atoms with van der Waals surface area (Å²) >= 11 is 5.87. The molecule has 0 spiro atoms. The fraction of sp³-hybridized carbons (Fsp3) is 0.533. The molecule has 23 heavy (non-hydrogen) atoms. The SMILES string of the molecule is COC(C)CC(=O)N1CCN(S(=O)(=O)c2cccc(Cl)c2)CC1. The molecule has 1 aromatic rings. The number of halogens is 1. The number of piperazine rings is 1. The highest BCUT2D eigenvalue weighted by atomic mass is 35.5. The maximum Gasteiger partial charge on any atom is 0.243 e. The number of amides is 1. The van der Waals surface area contributed by atoms with Crippen molar-refractivity contribution in [1.82, 2.24) is 9.21 Å². The number of hydrogen-bond acceptors (Lipinski definition) is 4. The van der Waals surface area contributed by atoms with E-state index < -0.39 is 10.0 Å². The lowest BCUT2D eigenvalue weighted by Gasteiger charge is -2.34. The van der Waals surface area contributed by atoms with Crippen LogP contribution in [0.2, 0.25) is 5.02 Å². The predicted molar refractivity (Wildman–Crippen MR) is 87.9 cm³/mol. The number of methoxy groups -OCH3 is 1. The molecule has 1 fully saturated rings. The Balaban J connectivity index is 2.00. The van der Waals surface area contributed by atoms with Crippen molar-refractivity contribution in [2.45, 2.75) is 24.3 Å². The zero-order valence-electron chi connectivity index (χ0n) is 13.2. The summed E-state index contributed by atoms with van der Waals surface area (Å²) < 4.78 is 31.6. The molecule has 128 valence electrons. The number of hydrogen-bond donors (Lipinski definition) is 0. The number of carbonyl (C=O) groups is 1. The maximum atomic E-state index is 12.6. The van der Waals surface area contributed by atoms with E-state index in [4.69, 9.17) is 16.3 Å². The lowest BCUT2D eigenvalue weighted by molar-refractivity contribution is -0.134. The summed E-state index contributed by atoms with van der Waals surface area (Å²) in [5, 5.41) is 0.383. The van der Waals surface area contributed by atoms with Gasteiger partial charge in [-0.05, 0) is 25.1 Å². The van der Waals surface area contributed by atoms with Gasteiger partial charge in [0.1, 0.15) is 0 Å². The lowest BCUT2D eigenvalue weighted by Crippen LogP contribution is -2.50. The Kier molecular flexibility index (Phi) is 6.02. The summed E-state index contributed by atoms with van der Waals surface area (Å²) in [5.74, 6) is -0.0147. The van der Waals surface area contributed by atoms with Gasteiger partial charge in [0.25, 0.3) is 0 Å². The number of rotatable bonds is 5. The minimum absolute atomic E-state index is 0.0147. The van der Waals surface area contributed by atoms with Gasteiger partial charge in [0.15, 0.2) is 0 Å². The van der Waals surface area contributed by atoms with Crippen LogP contribution in [0.3, 0.4) is 0 Å². The second-order valence-electron chi connectivity index (χ2n) is 5.49. The molecule has 8 heteroatoms. The summed E-state index contributed by atoms with van der Waals surface area (Å²) in [4.78, 5) is 14.0. The van der Waals surface area contributed by atoms with Crippen LogP contribution in [0.4, 0.5) is 0 Å². The number of sulfonamides is 1. The molecule has 0 bridgehead atoms. The summed E-state index contributed by atoms with van der Waals surface area (Å²) in [6, 6.07) is 6.21. The van der Waals surface area contributed by atoms with Gasteiger partial charge < -0.3 is 9.64 Å². The molecule has 0 aromatic heterocycles. The standard InChI is InChI=1S/C15H21ClN2O4S/c1-12(22-2)10-15(19)17-6-8-18(9-7-17)23(20,21)14-5-3-4-13(16)11-14/h3-5,11-12H,6-10H2,1-2H3. The molecular weight excluding hydrogens is 340 g/mol. The van der Waals surface area contributed by atoms with Crippen molar-refractivity contribution in [2.75, 3.05) is 33.3 Å². The maximum absolute atomic E-state index is 12.6. The quantitative estimate of drug-likeness (QED) is 0.799. The average Bonchev–Trinajstić information content (AvgIpc) is 2.54. The monoisotopic (exact) mass is 360 g/mol. The minimum atomic E-state index is -3.58. The molecule has 1 amide bonds. The van der Waals surface area contributed by atoms with Crippen molar-refractivity contribution in [3.05, 3.63) is 29.3 Å². The van der Waals surface area contributed by atoms with Gasteiger partial charge >= 0.3 is 0 Å². The highest BCUT2D eigenvalue weighted by Gasteiger charge is 2.30. The third-order valence-corrected chi connectivity index (χ3v) is 6.02. The number of ether oxygens (including phenoxy) is 1. The van der Waals surface area contributed by atoms with Gasteiger partial charge in [0, 0.05) is 38.3 Å². The molecule has 1 unspecified atom stereocenters. The largest absolute Gasteiger partial charge is 0.381 e. The van der Waals surface area contributed by atoms with E-state index >= 15 is 0 Å². The lowest BCUT2D eigenvalue weighted by atomic mass is 10.2. The fourth-order valence-electron chi connectivity index (χ4n) is 2.41. The van der Waals surface area contributed by atoms with Crippen LogP contribution in [0.15, 0.2) is 29.2 Å². The Hall–Kier alpha value is -1.15. The van der Waals surface area contributed by atoms with Gasteiger partial charge in [-0.15, -0.1) is 0 Å². The van der Waals surface area contributed by atoms with Gasteiger partial charge in [0.2, 0.25) is 15.9 Å². The summed E-state index contributed by atoms with van der Waals surface area (Å²) in [7, 11) is -2.01. The van der Waals surface area contributed by atoms with Gasteiger partial charge in [-0.1, -0.05) is 17.7 Å². The first-order chi connectivity index (χ1) is 10.8. The average molecular weight is 361 g/mol. The van der Waals surface area contributed by atoms with Crippen LogP contribution >= 0.6 is 11.6 Å². The topological polar surface area (TPSA) is 66.9 Å². The van der Waals surface area contributed by atoms with Gasteiger partial charge in [-0.3, -0.25) is 4.79 Å².